The fraction of sp³-hybridized carbons (Fsp3) is 0.619. The highest BCUT2D eigenvalue weighted by Gasteiger charge is 2.18. The number of ether oxygens (including phenoxy) is 1. The molecule has 0 N–H and O–H groups in total. The highest BCUT2D eigenvalue weighted by Crippen LogP contribution is 2.26. The lowest BCUT2D eigenvalue weighted by atomic mass is 10.1. The van der Waals surface area contributed by atoms with Gasteiger partial charge in [0.2, 0.25) is 5.88 Å². The van der Waals surface area contributed by atoms with E-state index in [-0.39, 0.29) is 11.8 Å². The number of aromatic nitrogens is 3. The zero-order chi connectivity index (χ0) is 20.7. The van der Waals surface area contributed by atoms with Crippen LogP contribution >= 0.6 is 0 Å². The van der Waals surface area contributed by atoms with E-state index < -0.39 is 6.61 Å². The molecule has 1 atom stereocenters. The molecule has 0 radical (unpaired) electrons. The third-order valence-corrected chi connectivity index (χ3v) is 4.90. The van der Waals surface area contributed by atoms with Crippen LogP contribution in [-0.4, -0.2) is 34.5 Å². The van der Waals surface area contributed by atoms with Gasteiger partial charge in [-0.15, -0.1) is 5.10 Å². The normalized spacial score (nSPS) is 12.6. The number of hydrogen-bond acceptors (Lipinski definition) is 4. The molecule has 0 aliphatic carbocycles. The molecule has 2 aromatic heterocycles. The largest absolute Gasteiger partial charge is 0.417 e. The Bertz CT molecular complexity index is 716. The molecule has 2 rings (SSSR count). The van der Waals surface area contributed by atoms with E-state index in [1.165, 1.54) is 18.7 Å². The molecule has 28 heavy (non-hydrogen) atoms. The van der Waals surface area contributed by atoms with Gasteiger partial charge in [0, 0.05) is 30.9 Å². The molecule has 5 nitrogen and oxygen atoms in total. The second-order valence-electron chi connectivity index (χ2n) is 7.52. The highest BCUT2D eigenvalue weighted by molar-refractivity contribution is 5.45. The van der Waals surface area contributed by atoms with Crippen LogP contribution in [0.25, 0.3) is 5.69 Å². The molecule has 0 aliphatic rings. The number of pyridine rings is 1. The van der Waals surface area contributed by atoms with E-state index in [4.69, 9.17) is 5.10 Å². The van der Waals surface area contributed by atoms with Crippen LogP contribution in [0.3, 0.4) is 0 Å². The van der Waals surface area contributed by atoms with E-state index in [1.807, 2.05) is 4.68 Å². The van der Waals surface area contributed by atoms with Gasteiger partial charge in [0.1, 0.15) is 0 Å². The van der Waals surface area contributed by atoms with Gasteiger partial charge in [0.25, 0.3) is 0 Å². The van der Waals surface area contributed by atoms with Crippen molar-refractivity contribution in [3.8, 4) is 11.6 Å². The first kappa shape index (κ1) is 22.1. The Balaban J connectivity index is 2.30. The minimum Gasteiger partial charge on any atom is -0.417 e. The molecule has 0 saturated heterocycles. The van der Waals surface area contributed by atoms with Gasteiger partial charge < -0.3 is 9.64 Å². The molecule has 2 heterocycles. The average Bonchev–Trinajstić information content (AvgIpc) is 3.10. The van der Waals surface area contributed by atoms with Crippen LogP contribution < -0.4 is 9.64 Å². The first-order valence-corrected chi connectivity index (χ1v) is 10.1. The molecule has 0 aliphatic heterocycles. The van der Waals surface area contributed by atoms with Crippen molar-refractivity contribution in [3.63, 3.8) is 0 Å². The van der Waals surface area contributed by atoms with Gasteiger partial charge in [-0.2, -0.15) is 8.78 Å². The molecule has 1 unspecified atom stereocenters. The molecule has 156 valence electrons. The third kappa shape index (κ3) is 5.91. The maximum Gasteiger partial charge on any atom is 0.388 e. The lowest BCUT2D eigenvalue weighted by Crippen LogP contribution is -2.27. The second kappa shape index (κ2) is 10.4. The summed E-state index contributed by atoms with van der Waals surface area (Å²) in [5, 5.41) is 4.83. The van der Waals surface area contributed by atoms with Crippen LogP contribution in [0.1, 0.15) is 65.5 Å². The lowest BCUT2D eigenvalue weighted by molar-refractivity contribution is -0.0528. The molecule has 2 aromatic rings. The van der Waals surface area contributed by atoms with Crippen LogP contribution in [0, 0.1) is 5.92 Å². The zero-order valence-corrected chi connectivity index (χ0v) is 17.5. The van der Waals surface area contributed by atoms with Crippen molar-refractivity contribution in [1.82, 2.24) is 14.8 Å². The van der Waals surface area contributed by atoms with Gasteiger partial charge in [-0.25, -0.2) is 9.67 Å². The molecule has 0 saturated carbocycles. The van der Waals surface area contributed by atoms with Crippen molar-refractivity contribution in [3.05, 3.63) is 30.1 Å². The molecule has 7 heteroatoms. The molecular formula is C21H32F2N4O. The van der Waals surface area contributed by atoms with Crippen LogP contribution in [0.2, 0.25) is 0 Å². The van der Waals surface area contributed by atoms with Crippen molar-refractivity contribution in [2.24, 2.45) is 5.92 Å². The number of rotatable bonds is 11. The topological polar surface area (TPSA) is 43.2 Å². The molecule has 0 spiro atoms. The fourth-order valence-electron chi connectivity index (χ4n) is 3.00. The number of hydrogen-bond donors (Lipinski definition) is 0. The van der Waals surface area contributed by atoms with Gasteiger partial charge in [-0.05, 0) is 30.7 Å². The van der Waals surface area contributed by atoms with E-state index in [9.17, 15) is 8.78 Å². The number of nitrogens with zero attached hydrogens (tertiary/aromatic N) is 4. The van der Waals surface area contributed by atoms with Crippen LogP contribution in [-0.2, 0) is 0 Å². The van der Waals surface area contributed by atoms with Crippen LogP contribution in [0.15, 0.2) is 24.4 Å². The van der Waals surface area contributed by atoms with Gasteiger partial charge in [-0.3, -0.25) is 0 Å². The van der Waals surface area contributed by atoms with Gasteiger partial charge in [0.05, 0.1) is 11.9 Å². The minimum atomic E-state index is -2.88. The summed E-state index contributed by atoms with van der Waals surface area (Å²) in [6.07, 6.45) is 4.86. The monoisotopic (exact) mass is 394 g/mol. The zero-order valence-electron chi connectivity index (χ0n) is 17.5. The predicted octanol–water partition coefficient (Wildman–Crippen LogP) is 5.64. The number of alkyl halides is 2. The molecular weight excluding hydrogens is 362 g/mol. The minimum absolute atomic E-state index is 0.0987. The Morgan fingerprint density at radius 3 is 2.43 bits per heavy atom. The predicted molar refractivity (Wildman–Crippen MR) is 109 cm³/mol. The van der Waals surface area contributed by atoms with E-state index in [0.29, 0.717) is 5.92 Å². The maximum absolute atomic E-state index is 12.3. The average molecular weight is 395 g/mol. The summed E-state index contributed by atoms with van der Waals surface area (Å²) >= 11 is 0. The van der Waals surface area contributed by atoms with E-state index >= 15 is 0 Å². The maximum atomic E-state index is 12.3. The second-order valence-corrected chi connectivity index (χ2v) is 7.52. The van der Waals surface area contributed by atoms with E-state index in [2.05, 4.69) is 55.3 Å². The molecule has 0 bridgehead atoms. The first-order chi connectivity index (χ1) is 13.3. The van der Waals surface area contributed by atoms with Crippen molar-refractivity contribution >= 4 is 5.82 Å². The first-order valence-electron chi connectivity index (χ1n) is 10.1. The lowest BCUT2D eigenvalue weighted by Gasteiger charge is -2.23. The molecule has 0 amide bonds. The summed E-state index contributed by atoms with van der Waals surface area (Å²) in [6.45, 7) is 9.92. The standard InChI is InChI=1S/C21H32F2N4O/c1-6-11-26(12-10-16(5)7-2)19-13-18(15(3)4)27(25-19)17-8-9-20(24-14-17)28-21(22)23/h8-9,13-16,21H,6-7,10-12H2,1-5H3. The summed E-state index contributed by atoms with van der Waals surface area (Å²) in [5.41, 5.74) is 1.79. The van der Waals surface area contributed by atoms with Crippen molar-refractivity contribution in [1.29, 1.82) is 0 Å². The summed E-state index contributed by atoms with van der Waals surface area (Å²) < 4.78 is 30.9. The Hall–Kier alpha value is -2.18. The Kier molecular flexibility index (Phi) is 8.20. The number of anilines is 1. The van der Waals surface area contributed by atoms with Crippen LogP contribution in [0.4, 0.5) is 14.6 Å². The summed E-state index contributed by atoms with van der Waals surface area (Å²) in [5.74, 6) is 1.79. The van der Waals surface area contributed by atoms with Gasteiger partial charge in [-0.1, -0.05) is 41.0 Å². The Labute approximate surface area is 166 Å². The third-order valence-electron chi connectivity index (χ3n) is 4.90. The summed E-state index contributed by atoms with van der Waals surface area (Å²) in [7, 11) is 0. The Morgan fingerprint density at radius 1 is 1.14 bits per heavy atom. The van der Waals surface area contributed by atoms with E-state index in [1.54, 1.807) is 6.07 Å². The van der Waals surface area contributed by atoms with Crippen molar-refractivity contribution < 1.29 is 13.5 Å². The van der Waals surface area contributed by atoms with Crippen molar-refractivity contribution in [2.45, 2.75) is 66.4 Å². The quantitative estimate of drug-likeness (QED) is 0.494. The summed E-state index contributed by atoms with van der Waals surface area (Å²) in [6, 6.07) is 5.27. The Morgan fingerprint density at radius 2 is 1.89 bits per heavy atom. The van der Waals surface area contributed by atoms with E-state index in [0.717, 1.165) is 43.1 Å². The van der Waals surface area contributed by atoms with Gasteiger partial charge >= 0.3 is 6.61 Å². The SMILES string of the molecule is CCCN(CCC(C)CC)c1cc(C(C)C)n(-c2ccc(OC(F)F)nc2)n1. The molecule has 0 fully saturated rings. The summed E-state index contributed by atoms with van der Waals surface area (Å²) in [4.78, 5) is 6.31. The molecule has 0 aromatic carbocycles. The van der Waals surface area contributed by atoms with Crippen molar-refractivity contribution in [2.75, 3.05) is 18.0 Å². The number of halogens is 2. The fourth-order valence-corrected chi connectivity index (χ4v) is 3.00. The van der Waals surface area contributed by atoms with Gasteiger partial charge in [0.15, 0.2) is 5.82 Å². The highest BCUT2D eigenvalue weighted by atomic mass is 19.3. The smallest absolute Gasteiger partial charge is 0.388 e. The van der Waals surface area contributed by atoms with Crippen LogP contribution in [0.5, 0.6) is 5.88 Å².